The van der Waals surface area contributed by atoms with Gasteiger partial charge in [-0.1, -0.05) is 35.5 Å². The van der Waals surface area contributed by atoms with Gasteiger partial charge in [0.15, 0.2) is 11.0 Å². The summed E-state index contributed by atoms with van der Waals surface area (Å²) in [5.41, 5.74) is 1.87. The van der Waals surface area contributed by atoms with Crippen molar-refractivity contribution in [3.8, 4) is 5.75 Å². The Hall–Kier alpha value is -2.05. The second kappa shape index (κ2) is 7.89. The van der Waals surface area contributed by atoms with Gasteiger partial charge in [-0.2, -0.15) is 0 Å². The second-order valence-corrected chi connectivity index (χ2v) is 6.93. The molecule has 0 saturated heterocycles. The van der Waals surface area contributed by atoms with Crippen molar-refractivity contribution in [2.45, 2.75) is 24.4 Å². The monoisotopic (exact) mass is 377 g/mol. The van der Waals surface area contributed by atoms with E-state index < -0.39 is 0 Å². The Kier molecular flexibility index (Phi) is 5.60. The summed E-state index contributed by atoms with van der Waals surface area (Å²) in [6.07, 6.45) is 0. The first-order valence-corrected chi connectivity index (χ1v) is 9.04. The molecule has 3 aromatic rings. The molecule has 0 fully saturated rings. The third kappa shape index (κ3) is 4.52. The summed E-state index contributed by atoms with van der Waals surface area (Å²) in [4.78, 5) is 0. The van der Waals surface area contributed by atoms with Crippen LogP contribution >= 0.6 is 23.4 Å². The van der Waals surface area contributed by atoms with E-state index in [0.717, 1.165) is 22.0 Å². The number of ether oxygens (including phenoxy) is 1. The zero-order valence-corrected chi connectivity index (χ0v) is 15.4. The van der Waals surface area contributed by atoms with Crippen LogP contribution in [0.25, 0.3) is 0 Å². The van der Waals surface area contributed by atoms with Crippen LogP contribution in [0.5, 0.6) is 5.75 Å². The van der Waals surface area contributed by atoms with Gasteiger partial charge < -0.3 is 9.30 Å². The Bertz CT molecular complexity index is 885. The first-order chi connectivity index (χ1) is 12.0. The van der Waals surface area contributed by atoms with E-state index >= 15 is 0 Å². The molecule has 0 aliphatic heterocycles. The second-order valence-electron chi connectivity index (χ2n) is 5.58. The highest BCUT2D eigenvalue weighted by atomic mass is 35.5. The molecule has 0 unspecified atom stereocenters. The number of aromatic nitrogens is 3. The standard InChI is InChI=1S/C18H17ClFN3OS/c1-12-8-15(6-7-16(12)19)24-10-17-21-22-18(23(17)2)25-11-13-4-3-5-14(20)9-13/h3-9H,10-11H2,1-2H3. The third-order valence-electron chi connectivity index (χ3n) is 3.68. The van der Waals surface area contributed by atoms with Crippen molar-refractivity contribution in [3.05, 3.63) is 70.3 Å². The fourth-order valence-electron chi connectivity index (χ4n) is 2.23. The van der Waals surface area contributed by atoms with Gasteiger partial charge in [-0.15, -0.1) is 10.2 Å². The van der Waals surface area contributed by atoms with Crippen LogP contribution in [0.3, 0.4) is 0 Å². The van der Waals surface area contributed by atoms with Crippen LogP contribution in [0.2, 0.25) is 5.02 Å². The number of hydrogen-bond acceptors (Lipinski definition) is 4. The van der Waals surface area contributed by atoms with Gasteiger partial charge in [-0.05, 0) is 48.4 Å². The topological polar surface area (TPSA) is 39.9 Å². The summed E-state index contributed by atoms with van der Waals surface area (Å²) in [6.45, 7) is 2.24. The molecule has 7 heteroatoms. The van der Waals surface area contributed by atoms with E-state index in [1.54, 1.807) is 6.07 Å². The van der Waals surface area contributed by atoms with E-state index in [2.05, 4.69) is 10.2 Å². The molecule has 0 spiro atoms. The maximum atomic E-state index is 13.2. The number of nitrogens with zero attached hydrogens (tertiary/aromatic N) is 3. The summed E-state index contributed by atoms with van der Waals surface area (Å²) in [7, 11) is 1.89. The average molecular weight is 378 g/mol. The van der Waals surface area contributed by atoms with E-state index in [0.29, 0.717) is 23.2 Å². The first-order valence-electron chi connectivity index (χ1n) is 7.67. The Morgan fingerprint density at radius 2 is 2.04 bits per heavy atom. The molecule has 2 aromatic carbocycles. The molecule has 4 nitrogen and oxygen atoms in total. The van der Waals surface area contributed by atoms with Crippen molar-refractivity contribution < 1.29 is 9.13 Å². The lowest BCUT2D eigenvalue weighted by Crippen LogP contribution is -2.04. The van der Waals surface area contributed by atoms with Gasteiger partial charge in [0.1, 0.15) is 18.2 Å². The Morgan fingerprint density at radius 3 is 2.80 bits per heavy atom. The Morgan fingerprint density at radius 1 is 1.20 bits per heavy atom. The van der Waals surface area contributed by atoms with Crippen molar-refractivity contribution in [2.24, 2.45) is 7.05 Å². The molecule has 25 heavy (non-hydrogen) atoms. The van der Waals surface area contributed by atoms with Gasteiger partial charge in [0.25, 0.3) is 0 Å². The molecule has 1 aromatic heterocycles. The highest BCUT2D eigenvalue weighted by molar-refractivity contribution is 7.98. The number of aryl methyl sites for hydroxylation is 1. The minimum Gasteiger partial charge on any atom is -0.486 e. The fraction of sp³-hybridized carbons (Fsp3) is 0.222. The minimum absolute atomic E-state index is 0.233. The van der Waals surface area contributed by atoms with Crippen LogP contribution in [0.1, 0.15) is 17.0 Å². The summed E-state index contributed by atoms with van der Waals surface area (Å²) in [6, 6.07) is 12.1. The van der Waals surface area contributed by atoms with Gasteiger partial charge in [0.05, 0.1) is 0 Å². The zero-order valence-electron chi connectivity index (χ0n) is 13.9. The molecule has 130 valence electrons. The summed E-state index contributed by atoms with van der Waals surface area (Å²) in [5, 5.41) is 9.82. The van der Waals surface area contributed by atoms with Gasteiger partial charge in [-0.25, -0.2) is 4.39 Å². The molecule has 1 heterocycles. The molecule has 0 amide bonds. The van der Waals surface area contributed by atoms with Crippen molar-refractivity contribution in [1.82, 2.24) is 14.8 Å². The molecule has 3 rings (SSSR count). The van der Waals surface area contributed by atoms with Crippen molar-refractivity contribution in [2.75, 3.05) is 0 Å². The number of halogens is 2. The zero-order chi connectivity index (χ0) is 17.8. The highest BCUT2D eigenvalue weighted by Gasteiger charge is 2.10. The highest BCUT2D eigenvalue weighted by Crippen LogP contribution is 2.23. The molecule has 0 N–H and O–H groups in total. The summed E-state index contributed by atoms with van der Waals surface area (Å²) < 4.78 is 20.9. The molecule has 0 bridgehead atoms. The largest absolute Gasteiger partial charge is 0.486 e. The van der Waals surface area contributed by atoms with Crippen LogP contribution < -0.4 is 4.74 Å². The SMILES string of the molecule is Cc1cc(OCc2nnc(SCc3cccc(F)c3)n2C)ccc1Cl. The van der Waals surface area contributed by atoms with Gasteiger partial charge in [-0.3, -0.25) is 0 Å². The van der Waals surface area contributed by atoms with Crippen molar-refractivity contribution in [3.63, 3.8) is 0 Å². The lowest BCUT2D eigenvalue weighted by molar-refractivity contribution is 0.290. The quantitative estimate of drug-likeness (QED) is 0.579. The first kappa shape index (κ1) is 17.8. The number of hydrogen-bond donors (Lipinski definition) is 0. The lowest BCUT2D eigenvalue weighted by Gasteiger charge is -2.08. The Labute approximate surface area is 155 Å². The maximum absolute atomic E-state index is 13.2. The normalized spacial score (nSPS) is 10.9. The van der Waals surface area contributed by atoms with E-state index in [1.807, 2.05) is 42.8 Å². The minimum atomic E-state index is -0.233. The van der Waals surface area contributed by atoms with Crippen LogP contribution in [0.15, 0.2) is 47.6 Å². The molecule has 0 atom stereocenters. The van der Waals surface area contributed by atoms with Crippen molar-refractivity contribution in [1.29, 1.82) is 0 Å². The number of rotatable bonds is 6. The molecule has 0 aliphatic rings. The van der Waals surface area contributed by atoms with Crippen LogP contribution in [-0.4, -0.2) is 14.8 Å². The fourth-order valence-corrected chi connectivity index (χ4v) is 3.22. The van der Waals surface area contributed by atoms with E-state index in [1.165, 1.54) is 23.9 Å². The molecule has 0 radical (unpaired) electrons. The maximum Gasteiger partial charge on any atom is 0.191 e. The van der Waals surface area contributed by atoms with E-state index in [-0.39, 0.29) is 5.82 Å². The lowest BCUT2D eigenvalue weighted by atomic mass is 10.2. The van der Waals surface area contributed by atoms with Gasteiger partial charge >= 0.3 is 0 Å². The summed E-state index contributed by atoms with van der Waals surface area (Å²) in [5.74, 6) is 1.85. The van der Waals surface area contributed by atoms with Gasteiger partial charge in [0, 0.05) is 17.8 Å². The molecule has 0 saturated carbocycles. The smallest absolute Gasteiger partial charge is 0.191 e. The van der Waals surface area contributed by atoms with E-state index in [4.69, 9.17) is 16.3 Å². The predicted octanol–water partition coefficient (Wildman–Crippen LogP) is 4.79. The third-order valence-corrected chi connectivity index (χ3v) is 5.19. The molecular formula is C18H17ClFN3OS. The predicted molar refractivity (Wildman–Crippen MR) is 97.5 cm³/mol. The molecule has 0 aliphatic carbocycles. The summed E-state index contributed by atoms with van der Waals surface area (Å²) >= 11 is 7.52. The Balaban J connectivity index is 1.61. The van der Waals surface area contributed by atoms with E-state index in [9.17, 15) is 4.39 Å². The van der Waals surface area contributed by atoms with Crippen LogP contribution in [-0.2, 0) is 19.4 Å². The van der Waals surface area contributed by atoms with Gasteiger partial charge in [0.2, 0.25) is 0 Å². The van der Waals surface area contributed by atoms with Crippen molar-refractivity contribution >= 4 is 23.4 Å². The van der Waals surface area contributed by atoms with Crippen LogP contribution in [0.4, 0.5) is 4.39 Å². The average Bonchev–Trinajstić information content (AvgIpc) is 2.94. The number of thioether (sulfide) groups is 1. The molecular weight excluding hydrogens is 361 g/mol. The van der Waals surface area contributed by atoms with Crippen LogP contribution in [0, 0.1) is 12.7 Å². The number of benzene rings is 2.